The van der Waals surface area contributed by atoms with Crippen LogP contribution >= 0.6 is 0 Å². The van der Waals surface area contributed by atoms with Crippen LogP contribution in [0.25, 0.3) is 0 Å². The van der Waals surface area contributed by atoms with Crippen molar-refractivity contribution >= 4 is 5.97 Å². The number of esters is 1. The van der Waals surface area contributed by atoms with Gasteiger partial charge in [0.2, 0.25) is 0 Å². The van der Waals surface area contributed by atoms with Gasteiger partial charge in [0.05, 0.1) is 0 Å². The maximum atomic E-state index is 10.9. The van der Waals surface area contributed by atoms with Crippen LogP contribution in [0.5, 0.6) is 0 Å². The van der Waals surface area contributed by atoms with Crippen molar-refractivity contribution in [2.24, 2.45) is 17.3 Å². The molecule has 106 valence electrons. The first kappa shape index (κ1) is 15.7. The molecule has 1 aliphatic carbocycles. The smallest absolute Gasteiger partial charge is 0.302 e. The van der Waals surface area contributed by atoms with Crippen molar-refractivity contribution in [2.45, 2.75) is 40.0 Å². The van der Waals surface area contributed by atoms with E-state index >= 15 is 0 Å². The average Bonchev–Trinajstić information content (AvgIpc) is 2.36. The van der Waals surface area contributed by atoms with Crippen molar-refractivity contribution in [1.82, 2.24) is 0 Å². The summed E-state index contributed by atoms with van der Waals surface area (Å²) < 4.78 is 5.05. The van der Waals surface area contributed by atoms with Crippen molar-refractivity contribution < 1.29 is 9.53 Å². The molecule has 1 aliphatic rings. The zero-order chi connectivity index (χ0) is 14.6. The Bertz CT molecular complexity index is 394. The van der Waals surface area contributed by atoms with Crippen LogP contribution in [0.1, 0.15) is 40.0 Å². The fourth-order valence-corrected chi connectivity index (χ4v) is 3.02. The lowest BCUT2D eigenvalue weighted by molar-refractivity contribution is -0.140. The molecule has 2 nitrogen and oxygen atoms in total. The summed E-state index contributed by atoms with van der Waals surface area (Å²) in [5.74, 6) is 0.594. The highest BCUT2D eigenvalue weighted by Gasteiger charge is 2.38. The number of allylic oxidation sites excluding steroid dienone is 2. The summed E-state index contributed by atoms with van der Waals surface area (Å²) in [5.41, 5.74) is 2.35. The van der Waals surface area contributed by atoms with Gasteiger partial charge in [-0.25, -0.2) is 0 Å². The molecule has 2 heteroatoms. The number of carbonyl (C=O) groups is 1. The molecule has 0 aromatic carbocycles. The van der Waals surface area contributed by atoms with Gasteiger partial charge >= 0.3 is 5.97 Å². The minimum Gasteiger partial charge on any atom is -0.461 e. The van der Waals surface area contributed by atoms with E-state index < -0.39 is 0 Å². The topological polar surface area (TPSA) is 26.3 Å². The van der Waals surface area contributed by atoms with Gasteiger partial charge in [0.25, 0.3) is 0 Å². The second-order valence-corrected chi connectivity index (χ2v) is 6.02. The van der Waals surface area contributed by atoms with Crippen LogP contribution in [-0.4, -0.2) is 12.6 Å². The first-order chi connectivity index (χ1) is 8.80. The van der Waals surface area contributed by atoms with Crippen LogP contribution in [0, 0.1) is 17.3 Å². The van der Waals surface area contributed by atoms with E-state index in [1.54, 1.807) is 0 Å². The lowest BCUT2D eigenvalue weighted by Gasteiger charge is -2.43. The predicted molar refractivity (Wildman–Crippen MR) is 79.7 cm³/mol. The highest BCUT2D eigenvalue weighted by molar-refractivity contribution is 5.66. The van der Waals surface area contributed by atoms with E-state index in [1.807, 2.05) is 0 Å². The SMILES string of the molecule is C=C[C@]1(C)CC[C@@H](C(=C)COC(C)=O)C[C@H]1C(=C)C. The zero-order valence-corrected chi connectivity index (χ0v) is 12.5. The summed E-state index contributed by atoms with van der Waals surface area (Å²) in [6, 6.07) is 0. The first-order valence-corrected chi connectivity index (χ1v) is 6.90. The number of rotatable bonds is 5. The van der Waals surface area contributed by atoms with Gasteiger partial charge in [-0.3, -0.25) is 4.79 Å². The fraction of sp³-hybridized carbons (Fsp3) is 0.588. The molecule has 0 spiro atoms. The van der Waals surface area contributed by atoms with E-state index in [0.29, 0.717) is 18.4 Å². The molecule has 19 heavy (non-hydrogen) atoms. The summed E-state index contributed by atoms with van der Waals surface area (Å²) in [6.07, 6.45) is 5.25. The van der Waals surface area contributed by atoms with Crippen molar-refractivity contribution in [1.29, 1.82) is 0 Å². The number of carbonyl (C=O) groups excluding carboxylic acids is 1. The Morgan fingerprint density at radius 1 is 1.42 bits per heavy atom. The van der Waals surface area contributed by atoms with E-state index in [-0.39, 0.29) is 11.4 Å². The molecule has 0 aromatic heterocycles. The van der Waals surface area contributed by atoms with E-state index in [9.17, 15) is 4.79 Å². The molecule has 0 bridgehead atoms. The van der Waals surface area contributed by atoms with Gasteiger partial charge in [-0.05, 0) is 49.0 Å². The summed E-state index contributed by atoms with van der Waals surface area (Å²) in [6.45, 7) is 18.3. The normalized spacial score (nSPS) is 30.5. The minimum absolute atomic E-state index is 0.129. The van der Waals surface area contributed by atoms with E-state index in [0.717, 1.165) is 24.8 Å². The van der Waals surface area contributed by atoms with Crippen molar-refractivity contribution in [2.75, 3.05) is 6.61 Å². The Labute approximate surface area is 117 Å². The standard InChI is InChI=1S/C17H26O2/c1-7-17(6)9-8-15(10-16(17)12(2)3)13(4)11-19-14(5)18/h7,15-16H,1-2,4,8-11H2,3,5-6H3/t15-,16+,17-/m1/s1. The van der Waals surface area contributed by atoms with E-state index in [4.69, 9.17) is 4.74 Å². The van der Waals surface area contributed by atoms with Crippen LogP contribution in [0.2, 0.25) is 0 Å². The Hall–Kier alpha value is -1.31. The molecular formula is C17H26O2. The third-order valence-corrected chi connectivity index (χ3v) is 4.45. The lowest BCUT2D eigenvalue weighted by Crippen LogP contribution is -2.34. The molecule has 3 atom stereocenters. The lowest BCUT2D eigenvalue weighted by atomic mass is 9.61. The first-order valence-electron chi connectivity index (χ1n) is 6.90. The van der Waals surface area contributed by atoms with Crippen LogP contribution in [-0.2, 0) is 9.53 Å². The Kier molecular flexibility index (Phi) is 5.16. The van der Waals surface area contributed by atoms with Crippen LogP contribution in [0.4, 0.5) is 0 Å². The van der Waals surface area contributed by atoms with Gasteiger partial charge in [0.15, 0.2) is 0 Å². The van der Waals surface area contributed by atoms with E-state index in [1.165, 1.54) is 12.5 Å². The summed E-state index contributed by atoms with van der Waals surface area (Å²) in [4.78, 5) is 10.9. The second-order valence-electron chi connectivity index (χ2n) is 6.02. The number of hydrogen-bond donors (Lipinski definition) is 0. The Balaban J connectivity index is 2.71. The van der Waals surface area contributed by atoms with Gasteiger partial charge in [-0.1, -0.05) is 31.7 Å². The molecule has 0 unspecified atom stereocenters. The van der Waals surface area contributed by atoms with Crippen LogP contribution in [0.15, 0.2) is 37.0 Å². The molecule has 0 aromatic rings. The van der Waals surface area contributed by atoms with Gasteiger partial charge in [0, 0.05) is 6.92 Å². The van der Waals surface area contributed by atoms with Crippen molar-refractivity contribution in [3.63, 3.8) is 0 Å². The molecule has 0 saturated heterocycles. The highest BCUT2D eigenvalue weighted by atomic mass is 16.5. The Morgan fingerprint density at radius 2 is 2.05 bits per heavy atom. The third-order valence-electron chi connectivity index (χ3n) is 4.45. The van der Waals surface area contributed by atoms with Crippen LogP contribution < -0.4 is 0 Å². The maximum absolute atomic E-state index is 10.9. The second kappa shape index (κ2) is 6.23. The number of hydrogen-bond acceptors (Lipinski definition) is 2. The molecule has 0 heterocycles. The summed E-state index contributed by atoms with van der Waals surface area (Å²) >= 11 is 0. The monoisotopic (exact) mass is 262 g/mol. The van der Waals surface area contributed by atoms with Crippen molar-refractivity contribution in [3.05, 3.63) is 37.0 Å². The highest BCUT2D eigenvalue weighted by Crippen LogP contribution is 2.48. The zero-order valence-electron chi connectivity index (χ0n) is 12.5. The van der Waals surface area contributed by atoms with Gasteiger partial charge in [-0.2, -0.15) is 0 Å². The summed E-state index contributed by atoms with van der Waals surface area (Å²) in [7, 11) is 0. The molecule has 1 saturated carbocycles. The Morgan fingerprint density at radius 3 is 2.53 bits per heavy atom. The van der Waals surface area contributed by atoms with Crippen LogP contribution in [0.3, 0.4) is 0 Å². The fourth-order valence-electron chi connectivity index (χ4n) is 3.02. The predicted octanol–water partition coefficient (Wildman–Crippen LogP) is 4.29. The molecule has 1 fully saturated rings. The van der Waals surface area contributed by atoms with Gasteiger partial charge in [0.1, 0.15) is 6.61 Å². The van der Waals surface area contributed by atoms with E-state index in [2.05, 4.69) is 39.7 Å². The van der Waals surface area contributed by atoms with Gasteiger partial charge in [-0.15, -0.1) is 6.58 Å². The third kappa shape index (κ3) is 3.82. The quantitative estimate of drug-likeness (QED) is 0.545. The van der Waals surface area contributed by atoms with Gasteiger partial charge < -0.3 is 4.74 Å². The molecule has 1 rings (SSSR count). The molecule has 0 radical (unpaired) electrons. The number of ether oxygens (including phenoxy) is 1. The molecule has 0 N–H and O–H groups in total. The minimum atomic E-state index is -0.246. The van der Waals surface area contributed by atoms with Crippen molar-refractivity contribution in [3.8, 4) is 0 Å². The molecule has 0 amide bonds. The largest absolute Gasteiger partial charge is 0.461 e. The molecular weight excluding hydrogens is 236 g/mol. The average molecular weight is 262 g/mol. The molecule has 0 aliphatic heterocycles. The summed E-state index contributed by atoms with van der Waals surface area (Å²) in [5, 5.41) is 0. The maximum Gasteiger partial charge on any atom is 0.302 e.